The van der Waals surface area contributed by atoms with Crippen LogP contribution in [0.4, 0.5) is 11.5 Å². The summed E-state index contributed by atoms with van der Waals surface area (Å²) in [5.74, 6) is 0.640. The summed E-state index contributed by atoms with van der Waals surface area (Å²) in [6.07, 6.45) is 1.53. The summed E-state index contributed by atoms with van der Waals surface area (Å²) >= 11 is 6.02. The van der Waals surface area contributed by atoms with E-state index in [0.29, 0.717) is 11.6 Å². The van der Waals surface area contributed by atoms with Gasteiger partial charge in [0.1, 0.15) is 12.1 Å². The summed E-state index contributed by atoms with van der Waals surface area (Å²) in [6, 6.07) is 13.2. The molecule has 0 saturated carbocycles. The monoisotopic (exact) mass is 354 g/mol. The largest absolute Gasteiger partial charge is 0.347 e. The number of hydrogen-bond donors (Lipinski definition) is 1. The molecule has 1 N–H and O–H groups in total. The maximum atomic E-state index is 12.5. The summed E-state index contributed by atoms with van der Waals surface area (Å²) in [7, 11) is 0. The van der Waals surface area contributed by atoms with Crippen molar-refractivity contribution in [3.05, 3.63) is 59.4 Å². The lowest BCUT2D eigenvalue weighted by Gasteiger charge is -2.22. The lowest BCUT2D eigenvalue weighted by Crippen LogP contribution is -2.34. The summed E-state index contributed by atoms with van der Waals surface area (Å²) in [5.41, 5.74) is 2.55. The molecule has 0 aliphatic rings. The highest BCUT2D eigenvalue weighted by molar-refractivity contribution is 6.31. The second kappa shape index (κ2) is 7.49. The standard InChI is InChI=1S/C19H19ClN4O/c1-3-24(19-15-6-4-5-7-16(15)21-12-22-19)11-18(25)23-17-10-14(20)9-8-13(17)2/h4-10,12H,3,11H2,1-2H3,(H,23,25). The maximum Gasteiger partial charge on any atom is 0.243 e. The number of rotatable bonds is 5. The van der Waals surface area contributed by atoms with Crippen molar-refractivity contribution < 1.29 is 4.79 Å². The number of hydrogen-bond acceptors (Lipinski definition) is 4. The van der Waals surface area contributed by atoms with Crippen molar-refractivity contribution in [3.63, 3.8) is 0 Å². The first-order valence-corrected chi connectivity index (χ1v) is 8.47. The van der Waals surface area contributed by atoms with E-state index in [1.807, 2.05) is 49.1 Å². The number of likely N-dealkylation sites (N-methyl/N-ethyl adjacent to an activating group) is 1. The van der Waals surface area contributed by atoms with Crippen LogP contribution in [0.3, 0.4) is 0 Å². The molecule has 1 heterocycles. The number of halogens is 1. The lowest BCUT2D eigenvalue weighted by molar-refractivity contribution is -0.115. The molecule has 0 aliphatic carbocycles. The van der Waals surface area contributed by atoms with E-state index in [1.165, 1.54) is 6.33 Å². The van der Waals surface area contributed by atoms with E-state index >= 15 is 0 Å². The van der Waals surface area contributed by atoms with Crippen LogP contribution in [0.25, 0.3) is 10.9 Å². The second-order valence-electron chi connectivity index (χ2n) is 5.74. The van der Waals surface area contributed by atoms with Crippen LogP contribution in [0.5, 0.6) is 0 Å². The topological polar surface area (TPSA) is 58.1 Å². The zero-order valence-corrected chi connectivity index (χ0v) is 14.9. The molecule has 5 nitrogen and oxygen atoms in total. The van der Waals surface area contributed by atoms with Gasteiger partial charge in [-0.15, -0.1) is 0 Å². The van der Waals surface area contributed by atoms with Gasteiger partial charge in [-0.05, 0) is 43.7 Å². The normalized spacial score (nSPS) is 10.7. The van der Waals surface area contributed by atoms with Crippen molar-refractivity contribution in [1.82, 2.24) is 9.97 Å². The molecule has 0 saturated heterocycles. The minimum absolute atomic E-state index is 0.116. The molecule has 6 heteroatoms. The number of fused-ring (bicyclic) bond motifs is 1. The third-order valence-electron chi connectivity index (χ3n) is 4.01. The number of anilines is 2. The Bertz CT molecular complexity index is 908. The number of nitrogens with zero attached hydrogens (tertiary/aromatic N) is 3. The third-order valence-corrected chi connectivity index (χ3v) is 4.25. The minimum atomic E-state index is -0.116. The van der Waals surface area contributed by atoms with Gasteiger partial charge in [-0.1, -0.05) is 29.8 Å². The van der Waals surface area contributed by atoms with Crippen LogP contribution >= 0.6 is 11.6 Å². The Morgan fingerprint density at radius 2 is 2.00 bits per heavy atom. The van der Waals surface area contributed by atoms with E-state index in [0.717, 1.165) is 28.0 Å². The SMILES string of the molecule is CCN(CC(=O)Nc1cc(Cl)ccc1C)c1ncnc2ccccc12. The van der Waals surface area contributed by atoms with Gasteiger partial charge in [0.2, 0.25) is 5.91 Å². The molecular weight excluding hydrogens is 336 g/mol. The van der Waals surface area contributed by atoms with Gasteiger partial charge in [-0.3, -0.25) is 4.79 Å². The number of amides is 1. The van der Waals surface area contributed by atoms with Gasteiger partial charge in [-0.25, -0.2) is 9.97 Å². The molecule has 25 heavy (non-hydrogen) atoms. The van der Waals surface area contributed by atoms with Crippen LogP contribution in [-0.4, -0.2) is 29.0 Å². The van der Waals surface area contributed by atoms with Crippen LogP contribution in [0, 0.1) is 6.92 Å². The van der Waals surface area contributed by atoms with Gasteiger partial charge in [0.15, 0.2) is 0 Å². The summed E-state index contributed by atoms with van der Waals surface area (Å²) in [5, 5.41) is 4.45. The first-order valence-electron chi connectivity index (χ1n) is 8.09. The Morgan fingerprint density at radius 3 is 2.80 bits per heavy atom. The molecule has 0 bridgehead atoms. The van der Waals surface area contributed by atoms with Gasteiger partial charge in [-0.2, -0.15) is 0 Å². The van der Waals surface area contributed by atoms with Gasteiger partial charge in [0, 0.05) is 22.6 Å². The Morgan fingerprint density at radius 1 is 1.20 bits per heavy atom. The van der Waals surface area contributed by atoms with Crippen molar-refractivity contribution in [2.24, 2.45) is 0 Å². The van der Waals surface area contributed by atoms with E-state index in [2.05, 4.69) is 15.3 Å². The van der Waals surface area contributed by atoms with Crippen molar-refractivity contribution in [2.75, 3.05) is 23.3 Å². The van der Waals surface area contributed by atoms with Crippen molar-refractivity contribution in [1.29, 1.82) is 0 Å². The van der Waals surface area contributed by atoms with E-state index in [9.17, 15) is 4.79 Å². The predicted molar refractivity (Wildman–Crippen MR) is 102 cm³/mol. The van der Waals surface area contributed by atoms with Gasteiger partial charge < -0.3 is 10.2 Å². The van der Waals surface area contributed by atoms with Crippen molar-refractivity contribution >= 4 is 39.9 Å². The average molecular weight is 355 g/mol. The van der Waals surface area contributed by atoms with Gasteiger partial charge in [0.25, 0.3) is 0 Å². The number of carbonyl (C=O) groups is 1. The third kappa shape index (κ3) is 3.88. The molecule has 0 spiro atoms. The molecular formula is C19H19ClN4O. The number of para-hydroxylation sites is 1. The molecule has 128 valence electrons. The number of aryl methyl sites for hydroxylation is 1. The number of carbonyl (C=O) groups excluding carboxylic acids is 1. The van der Waals surface area contributed by atoms with Crippen LogP contribution in [-0.2, 0) is 4.79 Å². The number of benzene rings is 2. The molecule has 2 aromatic carbocycles. The Labute approximate surface area is 151 Å². The average Bonchev–Trinajstić information content (AvgIpc) is 2.62. The number of nitrogens with one attached hydrogen (secondary N) is 1. The highest BCUT2D eigenvalue weighted by atomic mass is 35.5. The molecule has 0 atom stereocenters. The summed E-state index contributed by atoms with van der Waals surface area (Å²) in [6.45, 7) is 4.78. The smallest absolute Gasteiger partial charge is 0.243 e. The highest BCUT2D eigenvalue weighted by Crippen LogP contribution is 2.23. The molecule has 3 rings (SSSR count). The minimum Gasteiger partial charge on any atom is -0.347 e. The molecule has 1 aromatic heterocycles. The summed E-state index contributed by atoms with van der Waals surface area (Å²) in [4.78, 5) is 23.1. The van der Waals surface area contributed by atoms with Crippen molar-refractivity contribution in [3.8, 4) is 0 Å². The maximum absolute atomic E-state index is 12.5. The van der Waals surface area contributed by atoms with Gasteiger partial charge >= 0.3 is 0 Å². The fraction of sp³-hybridized carbons (Fsp3) is 0.211. The van der Waals surface area contributed by atoms with Crippen molar-refractivity contribution in [2.45, 2.75) is 13.8 Å². The zero-order valence-electron chi connectivity index (χ0n) is 14.2. The molecule has 3 aromatic rings. The first-order chi connectivity index (χ1) is 12.1. The van der Waals surface area contributed by atoms with Gasteiger partial charge in [0.05, 0.1) is 12.1 Å². The number of aromatic nitrogens is 2. The quantitative estimate of drug-likeness (QED) is 0.750. The van der Waals surface area contributed by atoms with E-state index in [1.54, 1.807) is 12.1 Å². The second-order valence-corrected chi connectivity index (χ2v) is 6.17. The van der Waals surface area contributed by atoms with E-state index in [-0.39, 0.29) is 12.5 Å². The Hall–Kier alpha value is -2.66. The van der Waals surface area contributed by atoms with E-state index < -0.39 is 0 Å². The Kier molecular flexibility index (Phi) is 5.14. The first kappa shape index (κ1) is 17.2. The van der Waals surface area contributed by atoms with Crippen LogP contribution in [0.2, 0.25) is 5.02 Å². The predicted octanol–water partition coefficient (Wildman–Crippen LogP) is 4.06. The molecule has 1 amide bonds. The molecule has 0 fully saturated rings. The van der Waals surface area contributed by atoms with E-state index in [4.69, 9.17) is 11.6 Å². The van der Waals surface area contributed by atoms with Crippen LogP contribution in [0.15, 0.2) is 48.8 Å². The fourth-order valence-corrected chi connectivity index (χ4v) is 2.84. The summed E-state index contributed by atoms with van der Waals surface area (Å²) < 4.78 is 0. The lowest BCUT2D eigenvalue weighted by atomic mass is 10.2. The Balaban J connectivity index is 1.82. The molecule has 0 radical (unpaired) electrons. The zero-order chi connectivity index (χ0) is 17.8. The molecule has 0 aliphatic heterocycles. The highest BCUT2D eigenvalue weighted by Gasteiger charge is 2.15. The fourth-order valence-electron chi connectivity index (χ4n) is 2.67. The molecule has 0 unspecified atom stereocenters. The van der Waals surface area contributed by atoms with Crippen LogP contribution in [0.1, 0.15) is 12.5 Å². The van der Waals surface area contributed by atoms with Crippen LogP contribution < -0.4 is 10.2 Å².